The fourth-order valence-corrected chi connectivity index (χ4v) is 1.55. The number of carbonyl (C=O) groups is 1. The van der Waals surface area contributed by atoms with E-state index in [0.717, 1.165) is 0 Å². The SMILES string of the molecule is Cc1c(F)nc2ccccc2c1C(=O)O. The number of rotatable bonds is 1. The number of pyridine rings is 1. The van der Waals surface area contributed by atoms with Crippen molar-refractivity contribution in [1.82, 2.24) is 4.98 Å². The number of hydrogen-bond acceptors (Lipinski definition) is 2. The molecule has 1 N–H and O–H groups in total. The van der Waals surface area contributed by atoms with E-state index < -0.39 is 11.9 Å². The highest BCUT2D eigenvalue weighted by molar-refractivity contribution is 6.03. The van der Waals surface area contributed by atoms with Gasteiger partial charge in [0.2, 0.25) is 5.95 Å². The molecule has 76 valence electrons. The highest BCUT2D eigenvalue weighted by atomic mass is 19.1. The lowest BCUT2D eigenvalue weighted by Gasteiger charge is -2.05. The summed E-state index contributed by atoms with van der Waals surface area (Å²) in [7, 11) is 0. The van der Waals surface area contributed by atoms with Crippen LogP contribution in [0.2, 0.25) is 0 Å². The second-order valence-corrected chi connectivity index (χ2v) is 3.22. The number of aromatic nitrogens is 1. The summed E-state index contributed by atoms with van der Waals surface area (Å²) in [6.07, 6.45) is 0. The van der Waals surface area contributed by atoms with Gasteiger partial charge in [-0.15, -0.1) is 0 Å². The van der Waals surface area contributed by atoms with Crippen LogP contribution in [0.1, 0.15) is 15.9 Å². The predicted molar refractivity (Wildman–Crippen MR) is 53.4 cm³/mol. The Balaban J connectivity index is 2.95. The van der Waals surface area contributed by atoms with Crippen LogP contribution >= 0.6 is 0 Å². The van der Waals surface area contributed by atoms with Gasteiger partial charge in [-0.25, -0.2) is 9.78 Å². The number of fused-ring (bicyclic) bond motifs is 1. The Hall–Kier alpha value is -1.97. The molecule has 0 unspecified atom stereocenters. The maximum atomic E-state index is 13.3. The molecule has 0 aliphatic carbocycles. The molecule has 0 atom stereocenters. The molecule has 1 aromatic carbocycles. The Morgan fingerprint density at radius 1 is 1.40 bits per heavy atom. The Labute approximate surface area is 85.2 Å². The van der Waals surface area contributed by atoms with Gasteiger partial charge in [0, 0.05) is 10.9 Å². The summed E-state index contributed by atoms with van der Waals surface area (Å²) in [6, 6.07) is 6.60. The molecule has 0 bridgehead atoms. The van der Waals surface area contributed by atoms with Gasteiger partial charge in [0.15, 0.2) is 0 Å². The molecule has 0 saturated carbocycles. The average Bonchev–Trinajstić information content (AvgIpc) is 2.19. The van der Waals surface area contributed by atoms with E-state index in [2.05, 4.69) is 4.98 Å². The second-order valence-electron chi connectivity index (χ2n) is 3.22. The van der Waals surface area contributed by atoms with E-state index in [1.165, 1.54) is 6.92 Å². The van der Waals surface area contributed by atoms with Crippen molar-refractivity contribution >= 4 is 16.9 Å². The van der Waals surface area contributed by atoms with Gasteiger partial charge in [-0.05, 0) is 13.0 Å². The van der Waals surface area contributed by atoms with Gasteiger partial charge in [0.1, 0.15) is 0 Å². The Bertz CT molecular complexity index is 552. The highest BCUT2D eigenvalue weighted by Gasteiger charge is 2.16. The number of nitrogens with zero attached hydrogens (tertiary/aromatic N) is 1. The zero-order valence-electron chi connectivity index (χ0n) is 7.99. The maximum absolute atomic E-state index is 13.3. The maximum Gasteiger partial charge on any atom is 0.336 e. The fourth-order valence-electron chi connectivity index (χ4n) is 1.55. The van der Waals surface area contributed by atoms with Crippen LogP contribution < -0.4 is 0 Å². The standard InChI is InChI=1S/C11H8FNO2/c1-6-9(11(14)15)7-4-2-3-5-8(7)13-10(6)12/h2-5H,1H3,(H,14,15). The monoisotopic (exact) mass is 205 g/mol. The van der Waals surface area contributed by atoms with Gasteiger partial charge in [0.25, 0.3) is 0 Å². The minimum atomic E-state index is -1.13. The lowest BCUT2D eigenvalue weighted by molar-refractivity contribution is 0.0697. The smallest absolute Gasteiger partial charge is 0.336 e. The second kappa shape index (κ2) is 3.31. The van der Waals surface area contributed by atoms with Gasteiger partial charge in [0.05, 0.1) is 11.1 Å². The molecule has 0 saturated heterocycles. The van der Waals surface area contributed by atoms with Crippen LogP contribution in [0.4, 0.5) is 4.39 Å². The normalized spacial score (nSPS) is 10.5. The van der Waals surface area contributed by atoms with Crippen LogP contribution in [-0.2, 0) is 0 Å². The van der Waals surface area contributed by atoms with Crippen LogP contribution in [0, 0.1) is 12.9 Å². The summed E-state index contributed by atoms with van der Waals surface area (Å²) < 4.78 is 13.3. The summed E-state index contributed by atoms with van der Waals surface area (Å²) in [6.45, 7) is 1.41. The fraction of sp³-hybridized carbons (Fsp3) is 0.0909. The Morgan fingerprint density at radius 3 is 2.73 bits per heavy atom. The molecule has 0 aliphatic rings. The predicted octanol–water partition coefficient (Wildman–Crippen LogP) is 2.38. The third-order valence-corrected chi connectivity index (χ3v) is 2.29. The van der Waals surface area contributed by atoms with Crippen molar-refractivity contribution in [1.29, 1.82) is 0 Å². The highest BCUT2D eigenvalue weighted by Crippen LogP contribution is 2.21. The molecule has 1 heterocycles. The van der Waals surface area contributed by atoms with E-state index in [1.54, 1.807) is 24.3 Å². The number of aromatic carboxylic acids is 1. The number of carboxylic acids is 1. The van der Waals surface area contributed by atoms with Gasteiger partial charge < -0.3 is 5.11 Å². The lowest BCUT2D eigenvalue weighted by atomic mass is 10.0. The molecule has 0 aliphatic heterocycles. The first-order valence-corrected chi connectivity index (χ1v) is 4.39. The minimum absolute atomic E-state index is 0.0156. The number of hydrogen-bond donors (Lipinski definition) is 1. The molecular weight excluding hydrogens is 197 g/mol. The van der Waals surface area contributed by atoms with Crippen molar-refractivity contribution in [3.05, 3.63) is 41.3 Å². The van der Waals surface area contributed by atoms with Gasteiger partial charge >= 0.3 is 5.97 Å². The third kappa shape index (κ3) is 1.44. The molecular formula is C11H8FNO2. The molecule has 2 aromatic rings. The molecule has 3 nitrogen and oxygen atoms in total. The Kier molecular flexibility index (Phi) is 2.11. The molecule has 1 aromatic heterocycles. The number of benzene rings is 1. The quantitative estimate of drug-likeness (QED) is 0.727. The van der Waals surface area contributed by atoms with E-state index >= 15 is 0 Å². The topological polar surface area (TPSA) is 50.2 Å². The zero-order chi connectivity index (χ0) is 11.0. The summed E-state index contributed by atoms with van der Waals surface area (Å²) >= 11 is 0. The van der Waals surface area contributed by atoms with E-state index in [4.69, 9.17) is 5.11 Å². The van der Waals surface area contributed by atoms with Crippen LogP contribution in [-0.4, -0.2) is 16.1 Å². The minimum Gasteiger partial charge on any atom is -0.478 e. The molecule has 15 heavy (non-hydrogen) atoms. The van der Waals surface area contributed by atoms with Crippen molar-refractivity contribution < 1.29 is 14.3 Å². The van der Waals surface area contributed by atoms with Gasteiger partial charge in [-0.2, -0.15) is 4.39 Å². The summed E-state index contributed by atoms with van der Waals surface area (Å²) in [5, 5.41) is 9.46. The molecule has 0 spiro atoms. The van der Waals surface area contributed by atoms with Gasteiger partial charge in [-0.1, -0.05) is 18.2 Å². The van der Waals surface area contributed by atoms with E-state index in [-0.39, 0.29) is 11.1 Å². The summed E-state index contributed by atoms with van der Waals surface area (Å²) in [4.78, 5) is 14.7. The van der Waals surface area contributed by atoms with Crippen LogP contribution in [0.3, 0.4) is 0 Å². The molecule has 0 radical (unpaired) electrons. The van der Waals surface area contributed by atoms with E-state index in [9.17, 15) is 9.18 Å². The molecule has 2 rings (SSSR count). The van der Waals surface area contributed by atoms with Crippen molar-refractivity contribution in [2.75, 3.05) is 0 Å². The molecule has 4 heteroatoms. The van der Waals surface area contributed by atoms with Crippen molar-refractivity contribution in [2.45, 2.75) is 6.92 Å². The summed E-state index contributed by atoms with van der Waals surface area (Å²) in [5.74, 6) is -1.86. The van der Waals surface area contributed by atoms with Crippen LogP contribution in [0.15, 0.2) is 24.3 Å². The first-order chi connectivity index (χ1) is 7.11. The Morgan fingerprint density at radius 2 is 2.07 bits per heavy atom. The number of carboxylic acid groups (broad SMARTS) is 1. The van der Waals surface area contributed by atoms with Crippen molar-refractivity contribution in [3.8, 4) is 0 Å². The van der Waals surface area contributed by atoms with E-state index in [0.29, 0.717) is 10.9 Å². The first kappa shape index (κ1) is 9.58. The third-order valence-electron chi connectivity index (χ3n) is 2.29. The number of para-hydroxylation sites is 1. The van der Waals surface area contributed by atoms with E-state index in [1.807, 2.05) is 0 Å². The first-order valence-electron chi connectivity index (χ1n) is 4.39. The number of halogens is 1. The summed E-state index contributed by atoms with van der Waals surface area (Å²) in [5.41, 5.74) is 0.414. The average molecular weight is 205 g/mol. The largest absolute Gasteiger partial charge is 0.478 e. The van der Waals surface area contributed by atoms with Gasteiger partial charge in [-0.3, -0.25) is 0 Å². The van der Waals surface area contributed by atoms with Crippen molar-refractivity contribution in [3.63, 3.8) is 0 Å². The molecule has 0 amide bonds. The lowest BCUT2D eigenvalue weighted by Crippen LogP contribution is -2.05. The van der Waals surface area contributed by atoms with Crippen molar-refractivity contribution in [2.24, 2.45) is 0 Å². The van der Waals surface area contributed by atoms with Crippen LogP contribution in [0.25, 0.3) is 10.9 Å². The van der Waals surface area contributed by atoms with Crippen LogP contribution in [0.5, 0.6) is 0 Å². The zero-order valence-corrected chi connectivity index (χ0v) is 7.99. The molecule has 0 fully saturated rings.